The molecule has 1 aromatic rings. The third kappa shape index (κ3) is 3.23. The lowest BCUT2D eigenvalue weighted by molar-refractivity contribution is -0.384. The molecule has 0 radical (unpaired) electrons. The van der Waals surface area contributed by atoms with Gasteiger partial charge in [0, 0.05) is 23.7 Å². The Balaban J connectivity index is 2.16. The van der Waals surface area contributed by atoms with E-state index in [9.17, 15) is 14.9 Å². The summed E-state index contributed by atoms with van der Waals surface area (Å²) in [6.45, 7) is 1.73. The molecule has 0 spiro atoms. The number of amides is 1. The molecule has 6 heteroatoms. The predicted octanol–water partition coefficient (Wildman–Crippen LogP) is 2.79. The van der Waals surface area contributed by atoms with Crippen molar-refractivity contribution in [2.75, 3.05) is 0 Å². The van der Waals surface area contributed by atoms with E-state index >= 15 is 0 Å². The number of rotatable bonds is 3. The van der Waals surface area contributed by atoms with Gasteiger partial charge in [0.2, 0.25) is 0 Å². The maximum absolute atomic E-state index is 12.1. The molecule has 0 aromatic heterocycles. The fourth-order valence-corrected chi connectivity index (χ4v) is 2.67. The molecule has 1 N–H and O–H groups in total. The largest absolute Gasteiger partial charge is 0.348 e. The first kappa shape index (κ1) is 13.8. The van der Waals surface area contributed by atoms with E-state index in [2.05, 4.69) is 5.32 Å². The number of alkyl halides is 1. The van der Waals surface area contributed by atoms with Gasteiger partial charge in [-0.15, -0.1) is 11.6 Å². The van der Waals surface area contributed by atoms with Gasteiger partial charge in [0.15, 0.2) is 0 Å². The van der Waals surface area contributed by atoms with E-state index in [1.54, 1.807) is 13.0 Å². The van der Waals surface area contributed by atoms with E-state index in [1.807, 2.05) is 0 Å². The first-order chi connectivity index (χ1) is 8.97. The predicted molar refractivity (Wildman–Crippen MR) is 72.6 cm³/mol. The minimum atomic E-state index is -0.496. The van der Waals surface area contributed by atoms with Crippen LogP contribution in [0, 0.1) is 17.0 Å². The molecule has 0 saturated heterocycles. The third-order valence-electron chi connectivity index (χ3n) is 3.28. The third-order valence-corrected chi connectivity index (χ3v) is 3.81. The van der Waals surface area contributed by atoms with Gasteiger partial charge >= 0.3 is 0 Å². The van der Waals surface area contributed by atoms with E-state index in [0.717, 1.165) is 19.3 Å². The van der Waals surface area contributed by atoms with Gasteiger partial charge in [-0.1, -0.05) is 0 Å². The molecule has 0 heterocycles. The molecule has 1 fully saturated rings. The van der Waals surface area contributed by atoms with Crippen LogP contribution in [0.15, 0.2) is 18.2 Å². The SMILES string of the molecule is Cc1cc(C(=O)NC2CCCC2Cl)cc([N+](=O)[O-])c1. The van der Waals surface area contributed by atoms with Crippen molar-refractivity contribution >= 4 is 23.2 Å². The Labute approximate surface area is 116 Å². The zero-order valence-corrected chi connectivity index (χ0v) is 11.3. The second kappa shape index (κ2) is 5.57. The van der Waals surface area contributed by atoms with Crippen LogP contribution in [-0.2, 0) is 0 Å². The smallest absolute Gasteiger partial charge is 0.270 e. The lowest BCUT2D eigenvalue weighted by atomic mass is 10.1. The van der Waals surface area contributed by atoms with Crippen molar-refractivity contribution in [3.8, 4) is 0 Å². The highest BCUT2D eigenvalue weighted by Gasteiger charge is 2.27. The Hall–Kier alpha value is -1.62. The number of nitro groups is 1. The molecule has 5 nitrogen and oxygen atoms in total. The molecule has 1 aliphatic rings. The van der Waals surface area contributed by atoms with Gasteiger partial charge < -0.3 is 5.32 Å². The summed E-state index contributed by atoms with van der Waals surface area (Å²) in [6, 6.07) is 4.33. The summed E-state index contributed by atoms with van der Waals surface area (Å²) in [4.78, 5) is 22.4. The lowest BCUT2D eigenvalue weighted by Crippen LogP contribution is -2.37. The highest BCUT2D eigenvalue weighted by molar-refractivity contribution is 6.21. The normalized spacial score (nSPS) is 22.2. The van der Waals surface area contributed by atoms with Crippen LogP contribution in [0.4, 0.5) is 5.69 Å². The Morgan fingerprint density at radius 1 is 1.42 bits per heavy atom. The molecule has 102 valence electrons. The maximum Gasteiger partial charge on any atom is 0.270 e. The van der Waals surface area contributed by atoms with Crippen molar-refractivity contribution in [3.05, 3.63) is 39.4 Å². The van der Waals surface area contributed by atoms with Gasteiger partial charge in [0.1, 0.15) is 0 Å². The second-order valence-corrected chi connectivity index (χ2v) is 5.40. The summed E-state index contributed by atoms with van der Waals surface area (Å²) in [5.41, 5.74) is 0.926. The summed E-state index contributed by atoms with van der Waals surface area (Å²) < 4.78 is 0. The van der Waals surface area contributed by atoms with Crippen LogP contribution in [0.2, 0.25) is 0 Å². The van der Waals surface area contributed by atoms with Crippen molar-refractivity contribution in [2.45, 2.75) is 37.6 Å². The molecule has 19 heavy (non-hydrogen) atoms. The Bertz CT molecular complexity index is 519. The molecular weight excluding hydrogens is 268 g/mol. The van der Waals surface area contributed by atoms with Gasteiger partial charge in [0.25, 0.3) is 11.6 Å². The lowest BCUT2D eigenvalue weighted by Gasteiger charge is -2.15. The zero-order valence-electron chi connectivity index (χ0n) is 10.6. The van der Waals surface area contributed by atoms with Crippen molar-refractivity contribution in [1.29, 1.82) is 0 Å². The Morgan fingerprint density at radius 2 is 2.16 bits per heavy atom. The molecule has 0 aliphatic heterocycles. The molecule has 1 aliphatic carbocycles. The number of aryl methyl sites for hydroxylation is 1. The van der Waals surface area contributed by atoms with Crippen molar-refractivity contribution < 1.29 is 9.72 Å². The number of hydrogen-bond acceptors (Lipinski definition) is 3. The molecule has 2 unspecified atom stereocenters. The topological polar surface area (TPSA) is 72.2 Å². The molecule has 1 saturated carbocycles. The van der Waals surface area contributed by atoms with E-state index in [4.69, 9.17) is 11.6 Å². The summed E-state index contributed by atoms with van der Waals surface area (Å²) in [7, 11) is 0. The number of halogens is 1. The number of carbonyl (C=O) groups is 1. The van der Waals surface area contributed by atoms with Crippen LogP contribution in [0.5, 0.6) is 0 Å². The molecular formula is C13H15ClN2O3. The molecule has 1 amide bonds. The van der Waals surface area contributed by atoms with Crippen LogP contribution in [0.1, 0.15) is 35.2 Å². The van der Waals surface area contributed by atoms with Crippen LogP contribution in [-0.4, -0.2) is 22.2 Å². The molecule has 2 atom stereocenters. The standard InChI is InChI=1S/C13H15ClN2O3/c1-8-5-9(7-10(6-8)16(18)19)13(17)15-12-4-2-3-11(12)14/h5-7,11-12H,2-4H2,1H3,(H,15,17). The summed E-state index contributed by atoms with van der Waals surface area (Å²) in [5.74, 6) is -0.302. The van der Waals surface area contributed by atoms with Crippen LogP contribution >= 0.6 is 11.6 Å². The molecule has 0 bridgehead atoms. The van der Waals surface area contributed by atoms with Crippen molar-refractivity contribution in [2.24, 2.45) is 0 Å². The highest BCUT2D eigenvalue weighted by Crippen LogP contribution is 2.24. The minimum Gasteiger partial charge on any atom is -0.348 e. The van der Waals surface area contributed by atoms with Crippen LogP contribution in [0.3, 0.4) is 0 Å². The number of carbonyl (C=O) groups excluding carboxylic acids is 1. The van der Waals surface area contributed by atoms with Crippen LogP contribution in [0.25, 0.3) is 0 Å². The number of nitro benzene ring substituents is 1. The maximum atomic E-state index is 12.1. The van der Waals surface area contributed by atoms with Gasteiger partial charge in [-0.25, -0.2) is 0 Å². The quantitative estimate of drug-likeness (QED) is 0.526. The van der Waals surface area contributed by atoms with E-state index in [1.165, 1.54) is 12.1 Å². The fraction of sp³-hybridized carbons (Fsp3) is 0.462. The Kier molecular flexibility index (Phi) is 4.04. The van der Waals surface area contributed by atoms with Gasteiger partial charge in [0.05, 0.1) is 10.3 Å². The Morgan fingerprint density at radius 3 is 2.74 bits per heavy atom. The summed E-state index contributed by atoms with van der Waals surface area (Å²) in [5, 5.41) is 13.6. The molecule has 1 aromatic carbocycles. The monoisotopic (exact) mass is 282 g/mol. The van der Waals surface area contributed by atoms with Gasteiger partial charge in [-0.3, -0.25) is 14.9 Å². The second-order valence-electron chi connectivity index (χ2n) is 4.84. The highest BCUT2D eigenvalue weighted by atomic mass is 35.5. The zero-order chi connectivity index (χ0) is 14.0. The number of nitrogens with zero attached hydrogens (tertiary/aromatic N) is 1. The average Bonchev–Trinajstić information content (AvgIpc) is 2.74. The number of nitrogens with one attached hydrogen (secondary N) is 1. The summed E-state index contributed by atoms with van der Waals surface area (Å²) in [6.07, 6.45) is 2.74. The van der Waals surface area contributed by atoms with Gasteiger partial charge in [-0.2, -0.15) is 0 Å². The fourth-order valence-electron chi connectivity index (χ4n) is 2.33. The van der Waals surface area contributed by atoms with E-state index < -0.39 is 4.92 Å². The number of hydrogen-bond donors (Lipinski definition) is 1. The molecule has 2 rings (SSSR count). The minimum absolute atomic E-state index is 0.0475. The number of non-ortho nitro benzene ring substituents is 1. The first-order valence-corrected chi connectivity index (χ1v) is 6.62. The average molecular weight is 283 g/mol. The van der Waals surface area contributed by atoms with Crippen molar-refractivity contribution in [1.82, 2.24) is 5.32 Å². The van der Waals surface area contributed by atoms with E-state index in [-0.39, 0.29) is 23.0 Å². The summed E-state index contributed by atoms with van der Waals surface area (Å²) >= 11 is 6.10. The first-order valence-electron chi connectivity index (χ1n) is 6.18. The van der Waals surface area contributed by atoms with E-state index in [0.29, 0.717) is 11.1 Å². The number of benzene rings is 1. The van der Waals surface area contributed by atoms with Crippen LogP contribution < -0.4 is 5.32 Å². The van der Waals surface area contributed by atoms with Gasteiger partial charge in [-0.05, 0) is 37.8 Å². The van der Waals surface area contributed by atoms with Crippen molar-refractivity contribution in [3.63, 3.8) is 0 Å².